The van der Waals surface area contributed by atoms with Gasteiger partial charge in [-0.15, -0.1) is 0 Å². The van der Waals surface area contributed by atoms with Crippen molar-refractivity contribution < 1.29 is 23.9 Å². The predicted octanol–water partition coefficient (Wildman–Crippen LogP) is 2.11. The van der Waals surface area contributed by atoms with Crippen molar-refractivity contribution in [3.63, 3.8) is 0 Å². The van der Waals surface area contributed by atoms with Gasteiger partial charge in [-0.2, -0.15) is 0 Å². The second-order valence-electron chi connectivity index (χ2n) is 9.85. The Kier molecular flexibility index (Phi) is 10.3. The number of fused-ring (bicyclic) bond motifs is 1. The summed E-state index contributed by atoms with van der Waals surface area (Å²) in [6, 6.07) is 4.38. The second-order valence-corrected chi connectivity index (χ2v) is 9.85. The molecular weight excluding hydrogens is 450 g/mol. The normalized spacial score (nSPS) is 21.7. The lowest BCUT2D eigenvalue weighted by molar-refractivity contribution is -0.136. The zero-order valence-corrected chi connectivity index (χ0v) is 22.3. The number of benzene rings is 1. The van der Waals surface area contributed by atoms with Crippen LogP contribution < -0.4 is 15.4 Å². The number of nitrogens with zero attached hydrogens (tertiary/aromatic N) is 3. The molecule has 1 aliphatic heterocycles. The van der Waals surface area contributed by atoms with Gasteiger partial charge in [-0.1, -0.05) is 6.92 Å². The fraction of sp³-hybridized carbons (Fsp3) is 0.640. The fourth-order valence-electron chi connectivity index (χ4n) is 3.99. The summed E-state index contributed by atoms with van der Waals surface area (Å²) in [5.74, 6) is 0.141. The van der Waals surface area contributed by atoms with Crippen molar-refractivity contribution in [2.24, 2.45) is 5.92 Å². The van der Waals surface area contributed by atoms with Crippen molar-refractivity contribution in [1.82, 2.24) is 20.0 Å². The number of anilines is 1. The van der Waals surface area contributed by atoms with Gasteiger partial charge in [0.05, 0.1) is 24.3 Å². The van der Waals surface area contributed by atoms with E-state index in [1.54, 1.807) is 37.3 Å². The Morgan fingerprint density at radius 1 is 1.23 bits per heavy atom. The van der Waals surface area contributed by atoms with Gasteiger partial charge in [-0.05, 0) is 53.1 Å². The summed E-state index contributed by atoms with van der Waals surface area (Å²) in [6.07, 6.45) is -0.271. The molecule has 0 fully saturated rings. The highest BCUT2D eigenvalue weighted by Crippen LogP contribution is 2.26. The molecule has 1 aromatic carbocycles. The SMILES string of the molecule is CO[C@H]1CN(C)C(=O)c2cc(NC(=O)NC(C)C)ccc2OC[C@@H](C)N(C(=O)CN(C)C)C[C@H]1C. The van der Waals surface area contributed by atoms with Crippen LogP contribution in [0, 0.1) is 5.92 Å². The lowest BCUT2D eigenvalue weighted by Gasteiger charge is -2.36. The van der Waals surface area contributed by atoms with Gasteiger partial charge in [0.2, 0.25) is 5.91 Å². The number of amides is 4. The maximum absolute atomic E-state index is 13.4. The average Bonchev–Trinajstić information content (AvgIpc) is 2.77. The molecule has 3 atom stereocenters. The van der Waals surface area contributed by atoms with E-state index in [0.717, 1.165) is 0 Å². The number of likely N-dealkylation sites (N-methyl/N-ethyl adjacent to an activating group) is 2. The molecule has 0 radical (unpaired) electrons. The van der Waals surface area contributed by atoms with E-state index in [-0.39, 0.29) is 55.1 Å². The van der Waals surface area contributed by atoms with E-state index in [1.165, 1.54) is 0 Å². The van der Waals surface area contributed by atoms with E-state index in [9.17, 15) is 14.4 Å². The van der Waals surface area contributed by atoms with Gasteiger partial charge in [0.1, 0.15) is 12.4 Å². The average molecular weight is 492 g/mol. The van der Waals surface area contributed by atoms with Gasteiger partial charge in [-0.25, -0.2) is 4.79 Å². The number of rotatable bonds is 5. The monoisotopic (exact) mass is 491 g/mol. The largest absolute Gasteiger partial charge is 0.491 e. The molecule has 10 nitrogen and oxygen atoms in total. The number of hydrogen-bond acceptors (Lipinski definition) is 6. The molecule has 4 amide bonds. The van der Waals surface area contributed by atoms with Crippen molar-refractivity contribution in [3.8, 4) is 5.75 Å². The van der Waals surface area contributed by atoms with E-state index in [2.05, 4.69) is 10.6 Å². The third-order valence-corrected chi connectivity index (χ3v) is 5.89. The first-order chi connectivity index (χ1) is 16.4. The van der Waals surface area contributed by atoms with Gasteiger partial charge in [0.15, 0.2) is 0 Å². The second kappa shape index (κ2) is 12.7. The van der Waals surface area contributed by atoms with Gasteiger partial charge in [0, 0.05) is 44.9 Å². The first kappa shape index (κ1) is 28.4. The molecule has 0 aromatic heterocycles. The lowest BCUT2D eigenvalue weighted by Crippen LogP contribution is -2.50. The van der Waals surface area contributed by atoms with E-state index in [1.807, 2.05) is 51.6 Å². The van der Waals surface area contributed by atoms with Crippen LogP contribution in [0.5, 0.6) is 5.75 Å². The van der Waals surface area contributed by atoms with Crippen LogP contribution in [0.1, 0.15) is 38.1 Å². The standard InChI is InChI=1S/C25H41N5O5/c1-16(2)26-25(33)27-19-9-10-21-20(11-19)24(32)29(7)13-22(34-8)17(3)12-30(18(4)15-35-21)23(31)14-28(5)6/h9-11,16-18,22H,12-15H2,1-8H3,(H2,26,27,33)/t17-,18-,22+/m1/s1. The molecule has 0 aliphatic carbocycles. The van der Waals surface area contributed by atoms with E-state index >= 15 is 0 Å². The molecule has 196 valence electrons. The summed E-state index contributed by atoms with van der Waals surface area (Å²) in [5, 5.41) is 5.53. The summed E-state index contributed by atoms with van der Waals surface area (Å²) >= 11 is 0. The minimum Gasteiger partial charge on any atom is -0.491 e. The predicted molar refractivity (Wildman–Crippen MR) is 136 cm³/mol. The fourth-order valence-corrected chi connectivity index (χ4v) is 3.99. The van der Waals surface area contributed by atoms with Crippen molar-refractivity contribution in [3.05, 3.63) is 23.8 Å². The van der Waals surface area contributed by atoms with E-state index in [0.29, 0.717) is 30.1 Å². The number of urea groups is 1. The number of ether oxygens (including phenoxy) is 2. The van der Waals surface area contributed by atoms with Crippen LogP contribution in [-0.2, 0) is 9.53 Å². The smallest absolute Gasteiger partial charge is 0.319 e. The summed E-state index contributed by atoms with van der Waals surface area (Å²) in [6.45, 7) is 9.02. The Hall–Kier alpha value is -2.85. The highest BCUT2D eigenvalue weighted by atomic mass is 16.5. The van der Waals surface area contributed by atoms with Gasteiger partial charge < -0.3 is 34.8 Å². The van der Waals surface area contributed by atoms with Crippen molar-refractivity contribution in [1.29, 1.82) is 0 Å². The maximum atomic E-state index is 13.4. The molecule has 2 rings (SSSR count). The summed E-state index contributed by atoms with van der Waals surface area (Å²) in [5.41, 5.74) is 0.808. The topological polar surface area (TPSA) is 103 Å². The lowest BCUT2D eigenvalue weighted by atomic mass is 10.0. The molecule has 0 spiro atoms. The summed E-state index contributed by atoms with van der Waals surface area (Å²) in [4.78, 5) is 43.9. The van der Waals surface area contributed by atoms with Gasteiger partial charge in [-0.3, -0.25) is 9.59 Å². The van der Waals surface area contributed by atoms with Crippen LogP contribution in [-0.4, -0.2) is 105 Å². The Morgan fingerprint density at radius 3 is 2.51 bits per heavy atom. The van der Waals surface area contributed by atoms with Crippen LogP contribution in [0.3, 0.4) is 0 Å². The highest BCUT2D eigenvalue weighted by molar-refractivity contribution is 5.99. The minimum atomic E-state index is -0.355. The molecular formula is C25H41N5O5. The van der Waals surface area contributed by atoms with Crippen molar-refractivity contribution in [2.75, 3.05) is 59.8 Å². The zero-order chi connectivity index (χ0) is 26.3. The zero-order valence-electron chi connectivity index (χ0n) is 22.3. The highest BCUT2D eigenvalue weighted by Gasteiger charge is 2.30. The van der Waals surface area contributed by atoms with Crippen LogP contribution in [0.25, 0.3) is 0 Å². The van der Waals surface area contributed by atoms with Gasteiger partial charge in [0.25, 0.3) is 5.91 Å². The number of nitrogens with one attached hydrogen (secondary N) is 2. The molecule has 2 N–H and O–H groups in total. The first-order valence-corrected chi connectivity index (χ1v) is 12.0. The van der Waals surface area contributed by atoms with Crippen LogP contribution in [0.4, 0.5) is 10.5 Å². The summed E-state index contributed by atoms with van der Waals surface area (Å²) < 4.78 is 11.8. The van der Waals surface area contributed by atoms with Crippen LogP contribution in [0.15, 0.2) is 18.2 Å². The number of carbonyl (C=O) groups is 3. The van der Waals surface area contributed by atoms with E-state index in [4.69, 9.17) is 9.47 Å². The molecule has 35 heavy (non-hydrogen) atoms. The third kappa shape index (κ3) is 8.10. The molecule has 1 aromatic rings. The van der Waals surface area contributed by atoms with Crippen molar-refractivity contribution >= 4 is 23.5 Å². The number of hydrogen-bond donors (Lipinski definition) is 2. The van der Waals surface area contributed by atoms with Crippen LogP contribution in [0.2, 0.25) is 0 Å². The quantitative estimate of drug-likeness (QED) is 0.654. The summed E-state index contributed by atoms with van der Waals surface area (Å²) in [7, 11) is 7.05. The molecule has 1 aliphatic rings. The molecule has 0 saturated heterocycles. The number of methoxy groups -OCH3 is 1. The molecule has 10 heteroatoms. The molecule has 0 bridgehead atoms. The van der Waals surface area contributed by atoms with E-state index < -0.39 is 0 Å². The molecule has 1 heterocycles. The third-order valence-electron chi connectivity index (χ3n) is 5.89. The number of carbonyl (C=O) groups excluding carboxylic acids is 3. The molecule has 0 saturated carbocycles. The first-order valence-electron chi connectivity index (χ1n) is 12.0. The Labute approximate surface area is 208 Å². The van der Waals surface area contributed by atoms with Crippen molar-refractivity contribution in [2.45, 2.75) is 45.9 Å². The van der Waals surface area contributed by atoms with Crippen LogP contribution >= 0.6 is 0 Å². The minimum absolute atomic E-state index is 0.00484. The Morgan fingerprint density at radius 2 is 1.91 bits per heavy atom. The Balaban J connectivity index is 2.41. The molecule has 0 unspecified atom stereocenters. The van der Waals surface area contributed by atoms with Gasteiger partial charge >= 0.3 is 6.03 Å². The Bertz CT molecular complexity index is 891. The maximum Gasteiger partial charge on any atom is 0.319 e.